The van der Waals surface area contributed by atoms with Crippen LogP contribution < -0.4 is 21.5 Å². The average molecular weight is 1110 g/mol. The number of fused-ring (bicyclic) bond motifs is 1. The SMILES string of the molecule is Cc1ncsc1-c1ccc([C@H](C)NC(=O)[C@@H]2C[C@@H](O)CN2C(=O)[C@@H](NC(=O)CCCCCCCCCNCc2ccc(-c3c4ncn(CC5(O)CCN(C(=O)C[C@@H](C)c6ccccc6)CC5)c(=O)c4nn3C)cc2)C(C)(C)C)cc1. The first-order chi connectivity index (χ1) is 38.3. The van der Waals surface area contributed by atoms with Crippen molar-refractivity contribution >= 4 is 46.0 Å². The largest absolute Gasteiger partial charge is 0.391 e. The first kappa shape index (κ1) is 59.5. The van der Waals surface area contributed by atoms with Crippen LogP contribution in [-0.4, -0.2) is 118 Å². The molecule has 3 aromatic carbocycles. The average Bonchev–Trinajstić information content (AvgIpc) is 4.16. The van der Waals surface area contributed by atoms with Crippen LogP contribution in [0.3, 0.4) is 0 Å². The Labute approximate surface area is 474 Å². The minimum Gasteiger partial charge on any atom is -0.391 e. The van der Waals surface area contributed by atoms with Gasteiger partial charge in [-0.25, -0.2) is 9.97 Å². The minimum atomic E-state index is -1.15. The van der Waals surface area contributed by atoms with Crippen molar-refractivity contribution in [3.63, 3.8) is 0 Å². The van der Waals surface area contributed by atoms with Crippen LogP contribution in [0.15, 0.2) is 95.5 Å². The van der Waals surface area contributed by atoms with Crippen LogP contribution in [0.2, 0.25) is 0 Å². The van der Waals surface area contributed by atoms with Crippen molar-refractivity contribution in [1.29, 1.82) is 0 Å². The Morgan fingerprint density at radius 2 is 1.49 bits per heavy atom. The molecule has 0 saturated carbocycles. The molecule has 2 aliphatic heterocycles. The van der Waals surface area contributed by atoms with Gasteiger partial charge < -0.3 is 36.0 Å². The van der Waals surface area contributed by atoms with Gasteiger partial charge in [-0.2, -0.15) is 5.10 Å². The van der Waals surface area contributed by atoms with E-state index in [9.17, 15) is 34.2 Å². The number of carbonyl (C=O) groups is 4. The lowest BCUT2D eigenvalue weighted by Gasteiger charge is -2.38. The third kappa shape index (κ3) is 15.0. The number of unbranched alkanes of at least 4 members (excludes halogenated alkanes) is 6. The zero-order valence-electron chi connectivity index (χ0n) is 47.7. The Balaban J connectivity index is 0.705. The van der Waals surface area contributed by atoms with Crippen LogP contribution in [0.25, 0.3) is 32.7 Å². The molecule has 6 aromatic rings. The van der Waals surface area contributed by atoms with Crippen LogP contribution in [-0.2, 0) is 39.3 Å². The second-order valence-corrected chi connectivity index (χ2v) is 24.3. The van der Waals surface area contributed by atoms with E-state index in [-0.39, 0.29) is 66.2 Å². The maximum absolute atomic E-state index is 14.1. The summed E-state index contributed by atoms with van der Waals surface area (Å²) in [7, 11) is 1.81. The van der Waals surface area contributed by atoms with Gasteiger partial charge >= 0.3 is 0 Å². The third-order valence-corrected chi connectivity index (χ3v) is 17.0. The standard InChI is InChI=1S/C62H82N10O7S/c1-41(45-18-14-13-15-19-45)34-52(75)70-32-29-62(79,30-33-70)38-71-39-64-53-54(59(71)77)68-69(7)55(53)47-23-21-44(22-24-47)36-63-31-17-12-10-8-9-11-16-20-51(74)67-57(61(4,5)6)60(78)72-37-49(73)35-50(72)58(76)66-42(2)46-25-27-48(28-26-46)56-43(3)65-40-80-56/h13-15,18-19,21-28,39-42,49-50,57,63,73,79H,8-12,16-17,20,29-38H2,1-7H3,(H,66,76)(H,67,74)/t41-,42+,49-,50+,57-/m1/s1. The maximum atomic E-state index is 14.1. The molecule has 3 aromatic heterocycles. The topological polar surface area (TPSA) is 217 Å². The Morgan fingerprint density at radius 1 is 0.825 bits per heavy atom. The molecule has 80 heavy (non-hydrogen) atoms. The number of benzene rings is 3. The lowest BCUT2D eigenvalue weighted by Crippen LogP contribution is -2.57. The van der Waals surface area contributed by atoms with E-state index >= 15 is 0 Å². The van der Waals surface area contributed by atoms with Gasteiger partial charge in [0.05, 0.1) is 52.4 Å². The molecule has 2 saturated heterocycles. The number of thiazole rings is 1. The molecule has 0 bridgehead atoms. The molecule has 2 aliphatic rings. The van der Waals surface area contributed by atoms with E-state index in [1.54, 1.807) is 23.1 Å². The van der Waals surface area contributed by atoms with Gasteiger partial charge in [0.1, 0.15) is 17.6 Å². The Morgan fingerprint density at radius 3 is 2.15 bits per heavy atom. The second kappa shape index (κ2) is 26.8. The van der Waals surface area contributed by atoms with Gasteiger partial charge in [0.2, 0.25) is 23.6 Å². The number of amides is 4. The summed E-state index contributed by atoms with van der Waals surface area (Å²) in [6, 6.07) is 24.2. The number of likely N-dealkylation sites (tertiary alicyclic amines) is 2. The molecular weight excluding hydrogens is 1030 g/mol. The van der Waals surface area contributed by atoms with E-state index in [1.807, 2.05) is 112 Å². The van der Waals surface area contributed by atoms with Crippen molar-refractivity contribution in [2.24, 2.45) is 12.5 Å². The quantitative estimate of drug-likeness (QED) is 0.0363. The number of nitrogens with zero attached hydrogens (tertiary/aromatic N) is 7. The molecule has 5 N–H and O–H groups in total. The van der Waals surface area contributed by atoms with E-state index in [0.717, 1.165) is 95.7 Å². The van der Waals surface area contributed by atoms with E-state index in [0.29, 0.717) is 50.7 Å². The molecule has 4 amide bonds. The number of aliphatic hydroxyl groups is 2. The zero-order chi connectivity index (χ0) is 57.1. The summed E-state index contributed by atoms with van der Waals surface area (Å²) in [6.45, 7) is 14.2. The van der Waals surface area contributed by atoms with Gasteiger partial charge in [0.25, 0.3) is 5.56 Å². The lowest BCUT2D eigenvalue weighted by molar-refractivity contribution is -0.144. The number of carbonyl (C=O) groups excluding carboxylic acids is 4. The number of aryl methyl sites for hydroxylation is 2. The highest BCUT2D eigenvalue weighted by Crippen LogP contribution is 2.32. The highest BCUT2D eigenvalue weighted by Gasteiger charge is 2.45. The Kier molecular flexibility index (Phi) is 19.9. The fourth-order valence-electron chi connectivity index (χ4n) is 11.2. The fourth-order valence-corrected chi connectivity index (χ4v) is 12.0. The van der Waals surface area contributed by atoms with Crippen molar-refractivity contribution in [3.8, 4) is 21.7 Å². The van der Waals surface area contributed by atoms with Crippen LogP contribution in [0.4, 0.5) is 0 Å². The van der Waals surface area contributed by atoms with Gasteiger partial charge in [-0.3, -0.25) is 33.2 Å². The molecular formula is C62H82N10O7S. The summed E-state index contributed by atoms with van der Waals surface area (Å²) in [5.74, 6) is -0.722. The summed E-state index contributed by atoms with van der Waals surface area (Å²) in [4.78, 5) is 81.4. The molecule has 428 valence electrons. The van der Waals surface area contributed by atoms with Crippen molar-refractivity contribution in [2.45, 2.75) is 167 Å². The Hall–Kier alpha value is -6.60. The monoisotopic (exact) mass is 1110 g/mol. The molecule has 18 heteroatoms. The number of aromatic nitrogens is 5. The predicted octanol–water partition coefficient (Wildman–Crippen LogP) is 8.36. The van der Waals surface area contributed by atoms with Gasteiger partial charge in [-0.15, -0.1) is 11.3 Å². The molecule has 0 spiro atoms. The number of β-amino-alcohol motifs (C(OH)–C–C–N with tert-alkyl or cyclic N) is 1. The van der Waals surface area contributed by atoms with Crippen LogP contribution in [0.1, 0.15) is 146 Å². The van der Waals surface area contributed by atoms with Crippen LogP contribution in [0, 0.1) is 12.3 Å². The van der Waals surface area contributed by atoms with E-state index in [2.05, 4.69) is 50.1 Å². The number of nitrogens with one attached hydrogen (secondary N) is 3. The summed E-state index contributed by atoms with van der Waals surface area (Å²) >= 11 is 1.58. The normalized spacial score (nSPS) is 17.6. The predicted molar refractivity (Wildman–Crippen MR) is 313 cm³/mol. The summed E-state index contributed by atoms with van der Waals surface area (Å²) < 4.78 is 3.13. The van der Waals surface area contributed by atoms with Crippen molar-refractivity contribution in [2.75, 3.05) is 26.2 Å². The first-order valence-corrected chi connectivity index (χ1v) is 29.5. The number of aliphatic hydroxyl groups excluding tert-OH is 1. The van der Waals surface area contributed by atoms with Gasteiger partial charge in [0, 0.05) is 58.1 Å². The molecule has 17 nitrogen and oxygen atoms in total. The van der Waals surface area contributed by atoms with Crippen molar-refractivity contribution < 1.29 is 29.4 Å². The molecule has 0 radical (unpaired) electrons. The van der Waals surface area contributed by atoms with Crippen molar-refractivity contribution in [3.05, 3.63) is 123 Å². The van der Waals surface area contributed by atoms with E-state index < -0.39 is 29.2 Å². The minimum absolute atomic E-state index is 0.0251. The van der Waals surface area contributed by atoms with Gasteiger partial charge in [-0.05, 0) is 79.7 Å². The molecule has 2 fully saturated rings. The summed E-state index contributed by atoms with van der Waals surface area (Å²) in [5.41, 5.74) is 7.35. The van der Waals surface area contributed by atoms with Crippen LogP contribution in [0.5, 0.6) is 0 Å². The number of hydrogen-bond acceptors (Lipinski definition) is 12. The molecule has 5 atom stereocenters. The molecule has 5 heterocycles. The second-order valence-electron chi connectivity index (χ2n) is 23.4. The molecule has 0 aliphatic carbocycles. The first-order valence-electron chi connectivity index (χ1n) is 28.6. The fraction of sp³-hybridized carbons (Fsp3) is 0.516. The number of hydrogen-bond donors (Lipinski definition) is 5. The van der Waals surface area contributed by atoms with Crippen LogP contribution >= 0.6 is 11.3 Å². The zero-order valence-corrected chi connectivity index (χ0v) is 48.6. The van der Waals surface area contributed by atoms with Gasteiger partial charge in [-0.1, -0.05) is 139 Å². The molecule has 0 unspecified atom stereocenters. The summed E-state index contributed by atoms with van der Waals surface area (Å²) in [6.07, 6.45) is 9.20. The number of rotatable bonds is 24. The third-order valence-electron chi connectivity index (χ3n) is 16.0. The van der Waals surface area contributed by atoms with E-state index in [4.69, 9.17) is 0 Å². The number of piperidine rings is 1. The van der Waals surface area contributed by atoms with Crippen molar-refractivity contribution in [1.82, 2.24) is 50.1 Å². The summed E-state index contributed by atoms with van der Waals surface area (Å²) in [5, 5.41) is 36.4. The molecule has 8 rings (SSSR count). The van der Waals surface area contributed by atoms with E-state index in [1.165, 1.54) is 15.8 Å². The lowest BCUT2D eigenvalue weighted by atomic mass is 9.85. The van der Waals surface area contributed by atoms with Gasteiger partial charge in [0.15, 0.2) is 5.52 Å². The highest BCUT2D eigenvalue weighted by atomic mass is 32.1. The smallest absolute Gasteiger partial charge is 0.281 e. The highest BCUT2D eigenvalue weighted by molar-refractivity contribution is 7.13. The Bertz CT molecular complexity index is 3110. The maximum Gasteiger partial charge on any atom is 0.281 e.